The fourth-order valence-electron chi connectivity index (χ4n) is 4.34. The summed E-state index contributed by atoms with van der Waals surface area (Å²) >= 11 is 7.73. The fraction of sp³-hybridized carbons (Fsp3) is 0.333. The van der Waals surface area contributed by atoms with Gasteiger partial charge in [-0.25, -0.2) is 4.98 Å². The van der Waals surface area contributed by atoms with Gasteiger partial charge in [0.2, 0.25) is 5.78 Å². The number of hydrogen-bond donors (Lipinski definition) is 1. The Hall–Kier alpha value is -3.49. The number of nitrogens with zero attached hydrogens (tertiary/aromatic N) is 2. The molecule has 204 valence electrons. The molecule has 3 heterocycles. The van der Waals surface area contributed by atoms with Gasteiger partial charge < -0.3 is 14.2 Å². The van der Waals surface area contributed by atoms with Crippen LogP contribution in [-0.2, 0) is 17.8 Å². The van der Waals surface area contributed by atoms with E-state index in [9.17, 15) is 19.5 Å². The zero-order chi connectivity index (χ0) is 28.7. The predicted molar refractivity (Wildman–Crippen MR) is 152 cm³/mol. The molecule has 4 aromatic rings. The Morgan fingerprint density at radius 2 is 1.82 bits per heavy atom. The van der Waals surface area contributed by atoms with E-state index in [2.05, 4.69) is 4.98 Å². The van der Waals surface area contributed by atoms with Crippen molar-refractivity contribution >= 4 is 46.0 Å². The van der Waals surface area contributed by atoms with E-state index in [1.54, 1.807) is 81.6 Å². The quantitative estimate of drug-likeness (QED) is 0.218. The number of carbonyl (C=O) groups excluding carboxylic acids is 2. The van der Waals surface area contributed by atoms with Gasteiger partial charge >= 0.3 is 5.97 Å². The van der Waals surface area contributed by atoms with Crippen LogP contribution in [0, 0.1) is 17.8 Å². The fourth-order valence-corrected chi connectivity index (χ4v) is 5.13. The van der Waals surface area contributed by atoms with Crippen LogP contribution in [0.2, 0.25) is 5.02 Å². The number of ether oxygens (including phenoxy) is 1. The number of pyridine rings is 1. The maximum absolute atomic E-state index is 14.0. The summed E-state index contributed by atoms with van der Waals surface area (Å²) in [5, 5.41) is 13.2. The Morgan fingerprint density at radius 3 is 2.41 bits per heavy atom. The van der Waals surface area contributed by atoms with Gasteiger partial charge in [0.05, 0.1) is 27.3 Å². The molecule has 0 saturated heterocycles. The highest BCUT2D eigenvalue weighted by Gasteiger charge is 2.37. The van der Waals surface area contributed by atoms with E-state index in [0.717, 1.165) is 10.7 Å². The summed E-state index contributed by atoms with van der Waals surface area (Å²) < 4.78 is 7.67. The first-order valence-electron chi connectivity index (χ1n) is 12.5. The summed E-state index contributed by atoms with van der Waals surface area (Å²) in [6.45, 7) is 10.7. The number of carbonyl (C=O) groups is 3. The first-order chi connectivity index (χ1) is 18.2. The van der Waals surface area contributed by atoms with Gasteiger partial charge in [-0.3, -0.25) is 14.4 Å². The van der Waals surface area contributed by atoms with Crippen molar-refractivity contribution in [3.8, 4) is 5.75 Å². The van der Waals surface area contributed by atoms with Crippen molar-refractivity contribution in [2.24, 2.45) is 10.8 Å². The van der Waals surface area contributed by atoms with Crippen LogP contribution < -0.4 is 4.74 Å². The molecule has 0 radical (unpaired) electrons. The minimum Gasteiger partial charge on any atom is -0.487 e. The Labute approximate surface area is 236 Å². The summed E-state index contributed by atoms with van der Waals surface area (Å²) in [5.74, 6) is -1.09. The van der Waals surface area contributed by atoms with Crippen molar-refractivity contribution in [1.29, 1.82) is 0 Å². The Kier molecular flexibility index (Phi) is 7.74. The van der Waals surface area contributed by atoms with Crippen molar-refractivity contribution < 1.29 is 24.2 Å². The Balaban J connectivity index is 1.97. The van der Waals surface area contributed by atoms with Gasteiger partial charge in [-0.15, -0.1) is 11.3 Å². The normalized spacial score (nSPS) is 12.1. The smallest absolute Gasteiger partial charge is 0.309 e. The molecule has 0 fully saturated rings. The van der Waals surface area contributed by atoms with Gasteiger partial charge in [-0.1, -0.05) is 44.5 Å². The molecule has 9 heteroatoms. The average molecular weight is 567 g/mol. The van der Waals surface area contributed by atoms with Crippen LogP contribution >= 0.6 is 22.9 Å². The number of Topliss-reactive ketones (excluding diaryl/α,β-unsaturated/α-hetero) is 1. The zero-order valence-electron chi connectivity index (χ0n) is 22.8. The minimum atomic E-state index is -1.25. The second kappa shape index (κ2) is 10.6. The summed E-state index contributed by atoms with van der Waals surface area (Å²) in [5.41, 5.74) is 0.499. The van der Waals surface area contributed by atoms with Crippen molar-refractivity contribution in [3.63, 3.8) is 0 Å². The summed E-state index contributed by atoms with van der Waals surface area (Å²) in [4.78, 5) is 44.5. The van der Waals surface area contributed by atoms with Crippen LogP contribution in [-0.4, -0.2) is 32.0 Å². The molecule has 39 heavy (non-hydrogen) atoms. The van der Waals surface area contributed by atoms with E-state index in [-0.39, 0.29) is 30.3 Å². The molecule has 1 aromatic carbocycles. The number of thiazole rings is 1. The molecule has 0 aliphatic carbocycles. The standard InChI is InChI=1S/C30H31ClN2O5S/c1-17-32-20(16-39-17)15-38-21-10-11-33-23(13-21)24(27(35)29(2,3)4)22(14-30(5,6)28(36)37)25(33)26(34)18-8-7-9-19(31)12-18/h7-13,16H,14-15H2,1-6H3,(H,36,37). The number of halogens is 1. The van der Waals surface area contributed by atoms with Gasteiger partial charge in [-0.2, -0.15) is 0 Å². The predicted octanol–water partition coefficient (Wildman–Crippen LogP) is 7.05. The van der Waals surface area contributed by atoms with Gasteiger partial charge in [0.25, 0.3) is 0 Å². The van der Waals surface area contributed by atoms with Gasteiger partial charge in [-0.05, 0) is 51.0 Å². The number of carboxylic acid groups (broad SMARTS) is 1. The molecule has 0 aliphatic heterocycles. The third-order valence-corrected chi connectivity index (χ3v) is 7.53. The van der Waals surface area contributed by atoms with Crippen LogP contribution in [0.1, 0.15) is 77.3 Å². The molecule has 0 atom stereocenters. The van der Waals surface area contributed by atoms with Crippen molar-refractivity contribution in [2.75, 3.05) is 0 Å². The van der Waals surface area contributed by atoms with E-state index in [1.807, 2.05) is 12.3 Å². The maximum atomic E-state index is 14.0. The number of ketones is 2. The summed E-state index contributed by atoms with van der Waals surface area (Å²) in [6, 6.07) is 10.0. The zero-order valence-corrected chi connectivity index (χ0v) is 24.4. The first kappa shape index (κ1) is 28.5. The molecule has 7 nitrogen and oxygen atoms in total. The molecular weight excluding hydrogens is 536 g/mol. The molecular formula is C30H31ClN2O5S. The molecule has 0 aliphatic rings. The average Bonchev–Trinajstić information content (AvgIpc) is 3.40. The lowest BCUT2D eigenvalue weighted by molar-refractivity contribution is -0.146. The van der Waals surface area contributed by atoms with E-state index >= 15 is 0 Å². The highest BCUT2D eigenvalue weighted by molar-refractivity contribution is 7.09. The topological polar surface area (TPSA) is 98.0 Å². The van der Waals surface area contributed by atoms with Crippen LogP contribution in [0.3, 0.4) is 0 Å². The second-order valence-corrected chi connectivity index (χ2v) is 12.7. The monoisotopic (exact) mass is 566 g/mol. The summed E-state index contributed by atoms with van der Waals surface area (Å²) in [7, 11) is 0. The van der Waals surface area contributed by atoms with Crippen LogP contribution in [0.5, 0.6) is 5.75 Å². The number of fused-ring (bicyclic) bond motifs is 1. The SMILES string of the molecule is Cc1nc(COc2ccn3c(C(=O)c4cccc(Cl)c4)c(CC(C)(C)C(=O)O)c(C(=O)C(C)(C)C)c3c2)cs1. The second-order valence-electron chi connectivity index (χ2n) is 11.3. The first-order valence-corrected chi connectivity index (χ1v) is 13.7. The number of aryl methyl sites for hydroxylation is 1. The van der Waals surface area contributed by atoms with Gasteiger partial charge in [0.15, 0.2) is 5.78 Å². The minimum absolute atomic E-state index is 0.0307. The highest BCUT2D eigenvalue weighted by atomic mass is 35.5. The Morgan fingerprint density at radius 1 is 1.10 bits per heavy atom. The molecule has 0 bridgehead atoms. The lowest BCUT2D eigenvalue weighted by Crippen LogP contribution is -2.29. The van der Waals surface area contributed by atoms with Crippen LogP contribution in [0.15, 0.2) is 48.0 Å². The number of rotatable bonds is 9. The molecule has 4 rings (SSSR count). The van der Waals surface area contributed by atoms with Crippen molar-refractivity contribution in [1.82, 2.24) is 9.38 Å². The number of carboxylic acids is 1. The Bertz CT molecular complexity index is 1590. The number of benzene rings is 1. The number of aromatic nitrogens is 2. The molecule has 0 spiro atoms. The molecule has 0 amide bonds. The molecule has 1 N–H and O–H groups in total. The van der Waals surface area contributed by atoms with Crippen LogP contribution in [0.25, 0.3) is 5.52 Å². The lowest BCUT2D eigenvalue weighted by atomic mass is 9.79. The number of hydrogen-bond acceptors (Lipinski definition) is 6. The van der Waals surface area contributed by atoms with E-state index in [4.69, 9.17) is 16.3 Å². The van der Waals surface area contributed by atoms with Gasteiger partial charge in [0, 0.05) is 39.2 Å². The maximum Gasteiger partial charge on any atom is 0.309 e. The van der Waals surface area contributed by atoms with Crippen LogP contribution in [0.4, 0.5) is 0 Å². The number of aliphatic carboxylic acids is 1. The van der Waals surface area contributed by atoms with E-state index < -0.39 is 16.8 Å². The van der Waals surface area contributed by atoms with Crippen molar-refractivity contribution in [2.45, 2.75) is 54.6 Å². The molecule has 0 unspecified atom stereocenters. The molecule has 0 saturated carbocycles. The third kappa shape index (κ3) is 5.92. The van der Waals surface area contributed by atoms with E-state index in [1.165, 1.54) is 11.3 Å². The largest absolute Gasteiger partial charge is 0.487 e. The van der Waals surface area contributed by atoms with Crippen molar-refractivity contribution in [3.05, 3.63) is 86.1 Å². The van der Waals surface area contributed by atoms with Gasteiger partial charge in [0.1, 0.15) is 12.4 Å². The third-order valence-electron chi connectivity index (χ3n) is 6.47. The summed E-state index contributed by atoms with van der Waals surface area (Å²) in [6.07, 6.45) is 1.66. The van der Waals surface area contributed by atoms with E-state index in [0.29, 0.717) is 33.0 Å². The lowest BCUT2D eigenvalue weighted by Gasteiger charge is -2.22. The molecule has 3 aromatic heterocycles. The highest BCUT2D eigenvalue weighted by Crippen LogP contribution is 2.37.